The van der Waals surface area contributed by atoms with Gasteiger partial charge in [0, 0.05) is 18.5 Å². The summed E-state index contributed by atoms with van der Waals surface area (Å²) in [5.74, 6) is 0.148. The van der Waals surface area contributed by atoms with E-state index in [0.717, 1.165) is 17.7 Å². The van der Waals surface area contributed by atoms with Crippen molar-refractivity contribution in [2.45, 2.75) is 39.7 Å². The predicted octanol–water partition coefficient (Wildman–Crippen LogP) is 4.13. The van der Waals surface area contributed by atoms with Gasteiger partial charge in [-0.15, -0.1) is 11.3 Å². The van der Waals surface area contributed by atoms with Gasteiger partial charge < -0.3 is 4.90 Å². The van der Waals surface area contributed by atoms with Crippen LogP contribution in [0.5, 0.6) is 0 Å². The number of carbonyl (C=O) groups excluding carboxylic acids is 1. The first-order valence-electron chi connectivity index (χ1n) is 7.48. The Bertz CT molecular complexity index is 665. The first kappa shape index (κ1) is 14.3. The maximum absolute atomic E-state index is 12.6. The zero-order valence-electron chi connectivity index (χ0n) is 12.9. The third kappa shape index (κ3) is 2.88. The second kappa shape index (κ2) is 5.64. The minimum Gasteiger partial charge on any atom is -0.337 e. The third-order valence-electron chi connectivity index (χ3n) is 4.21. The average molecular weight is 299 g/mol. The summed E-state index contributed by atoms with van der Waals surface area (Å²) in [6.45, 7) is 4.88. The molecule has 1 amide bonds. The van der Waals surface area contributed by atoms with Crippen LogP contribution < -0.4 is 0 Å². The van der Waals surface area contributed by atoms with Gasteiger partial charge in [0.1, 0.15) is 0 Å². The highest BCUT2D eigenvalue weighted by Crippen LogP contribution is 2.31. The van der Waals surface area contributed by atoms with E-state index >= 15 is 0 Å². The standard InChI is InChI=1S/C18H21NOS/c1-12-7-8-15(13(2)9-12)11-19(3)18(20)17-10-14-5-4-6-16(14)21-17/h7-10H,4-6,11H2,1-3H3. The van der Waals surface area contributed by atoms with E-state index in [2.05, 4.69) is 38.1 Å². The van der Waals surface area contributed by atoms with E-state index in [1.807, 2.05) is 11.9 Å². The van der Waals surface area contributed by atoms with E-state index in [9.17, 15) is 4.79 Å². The summed E-state index contributed by atoms with van der Waals surface area (Å²) in [5.41, 5.74) is 5.13. The number of nitrogens with zero attached hydrogens (tertiary/aromatic N) is 1. The van der Waals surface area contributed by atoms with Crippen molar-refractivity contribution < 1.29 is 4.79 Å². The summed E-state index contributed by atoms with van der Waals surface area (Å²) >= 11 is 1.68. The maximum Gasteiger partial charge on any atom is 0.263 e. The molecule has 1 aromatic heterocycles. The molecule has 0 spiro atoms. The summed E-state index contributed by atoms with van der Waals surface area (Å²) in [7, 11) is 1.90. The molecule has 21 heavy (non-hydrogen) atoms. The number of fused-ring (bicyclic) bond motifs is 1. The van der Waals surface area contributed by atoms with E-state index in [0.29, 0.717) is 6.54 Å². The van der Waals surface area contributed by atoms with Gasteiger partial charge in [-0.25, -0.2) is 0 Å². The van der Waals surface area contributed by atoms with Gasteiger partial charge in [-0.2, -0.15) is 0 Å². The van der Waals surface area contributed by atoms with Crippen molar-refractivity contribution in [2.75, 3.05) is 7.05 Å². The zero-order chi connectivity index (χ0) is 15.0. The highest BCUT2D eigenvalue weighted by atomic mass is 32.1. The number of aryl methyl sites for hydroxylation is 4. The lowest BCUT2D eigenvalue weighted by Gasteiger charge is -2.18. The Morgan fingerprint density at radius 3 is 2.76 bits per heavy atom. The fourth-order valence-electron chi connectivity index (χ4n) is 2.97. The van der Waals surface area contributed by atoms with E-state index < -0.39 is 0 Å². The molecule has 0 saturated heterocycles. The fraction of sp³-hybridized carbons (Fsp3) is 0.389. The normalized spacial score (nSPS) is 13.3. The van der Waals surface area contributed by atoms with Crippen molar-refractivity contribution in [1.29, 1.82) is 0 Å². The fourth-order valence-corrected chi connectivity index (χ4v) is 4.22. The second-order valence-electron chi connectivity index (χ2n) is 6.00. The quantitative estimate of drug-likeness (QED) is 0.834. The topological polar surface area (TPSA) is 20.3 Å². The number of hydrogen-bond donors (Lipinski definition) is 0. The lowest BCUT2D eigenvalue weighted by Crippen LogP contribution is -2.25. The van der Waals surface area contributed by atoms with E-state index in [1.54, 1.807) is 11.3 Å². The maximum atomic E-state index is 12.6. The van der Waals surface area contributed by atoms with Crippen molar-refractivity contribution in [3.63, 3.8) is 0 Å². The molecule has 2 nitrogen and oxygen atoms in total. The predicted molar refractivity (Wildman–Crippen MR) is 88.1 cm³/mol. The molecular weight excluding hydrogens is 278 g/mol. The number of amides is 1. The number of hydrogen-bond acceptors (Lipinski definition) is 2. The van der Waals surface area contributed by atoms with Crippen LogP contribution in [0.25, 0.3) is 0 Å². The number of carbonyl (C=O) groups is 1. The summed E-state index contributed by atoms with van der Waals surface area (Å²) in [5, 5.41) is 0. The van der Waals surface area contributed by atoms with Gasteiger partial charge in [-0.05, 0) is 55.9 Å². The molecule has 0 fully saturated rings. The van der Waals surface area contributed by atoms with Crippen LogP contribution in [-0.2, 0) is 19.4 Å². The summed E-state index contributed by atoms with van der Waals surface area (Å²) in [6, 6.07) is 8.52. The highest BCUT2D eigenvalue weighted by molar-refractivity contribution is 7.14. The Kier molecular flexibility index (Phi) is 3.85. The van der Waals surface area contributed by atoms with E-state index in [-0.39, 0.29) is 5.91 Å². The minimum absolute atomic E-state index is 0.148. The lowest BCUT2D eigenvalue weighted by molar-refractivity contribution is 0.0789. The van der Waals surface area contributed by atoms with Gasteiger partial charge in [0.15, 0.2) is 0 Å². The molecule has 0 unspecified atom stereocenters. The van der Waals surface area contributed by atoms with Gasteiger partial charge in [0.2, 0.25) is 0 Å². The molecule has 3 rings (SSSR count). The van der Waals surface area contributed by atoms with Crippen molar-refractivity contribution in [2.24, 2.45) is 0 Å². The van der Waals surface area contributed by atoms with Crippen LogP contribution in [-0.4, -0.2) is 17.9 Å². The van der Waals surface area contributed by atoms with Crippen LogP contribution in [0.2, 0.25) is 0 Å². The lowest BCUT2D eigenvalue weighted by atomic mass is 10.1. The molecule has 0 bridgehead atoms. The van der Waals surface area contributed by atoms with Crippen molar-refractivity contribution >= 4 is 17.2 Å². The molecule has 1 aliphatic carbocycles. The molecule has 2 aromatic rings. The Hall–Kier alpha value is -1.61. The summed E-state index contributed by atoms with van der Waals surface area (Å²) in [6.07, 6.45) is 3.53. The molecule has 3 heteroatoms. The van der Waals surface area contributed by atoms with Crippen LogP contribution in [0.15, 0.2) is 24.3 Å². The largest absolute Gasteiger partial charge is 0.337 e. The van der Waals surface area contributed by atoms with Crippen LogP contribution in [0.3, 0.4) is 0 Å². The molecule has 110 valence electrons. The Morgan fingerprint density at radius 1 is 1.24 bits per heavy atom. The number of rotatable bonds is 3. The summed E-state index contributed by atoms with van der Waals surface area (Å²) < 4.78 is 0. The summed E-state index contributed by atoms with van der Waals surface area (Å²) in [4.78, 5) is 16.7. The molecule has 1 aliphatic rings. The van der Waals surface area contributed by atoms with E-state index in [4.69, 9.17) is 0 Å². The van der Waals surface area contributed by atoms with Gasteiger partial charge in [0.25, 0.3) is 5.91 Å². The molecule has 0 N–H and O–H groups in total. The minimum atomic E-state index is 0.148. The first-order valence-corrected chi connectivity index (χ1v) is 8.29. The molecule has 0 atom stereocenters. The second-order valence-corrected chi connectivity index (χ2v) is 7.14. The van der Waals surface area contributed by atoms with Gasteiger partial charge in [-0.1, -0.05) is 23.8 Å². The van der Waals surface area contributed by atoms with E-state index in [1.165, 1.54) is 33.6 Å². The molecule has 1 heterocycles. The van der Waals surface area contributed by atoms with Crippen LogP contribution in [0, 0.1) is 13.8 Å². The van der Waals surface area contributed by atoms with Crippen molar-refractivity contribution in [3.05, 3.63) is 56.3 Å². The van der Waals surface area contributed by atoms with Crippen LogP contribution in [0.4, 0.5) is 0 Å². The van der Waals surface area contributed by atoms with Gasteiger partial charge in [-0.3, -0.25) is 4.79 Å². The SMILES string of the molecule is Cc1ccc(CN(C)C(=O)c2cc3c(s2)CCC3)c(C)c1. The Balaban J connectivity index is 1.74. The molecule has 0 aliphatic heterocycles. The smallest absolute Gasteiger partial charge is 0.263 e. The van der Waals surface area contributed by atoms with Gasteiger partial charge in [0.05, 0.1) is 4.88 Å². The zero-order valence-corrected chi connectivity index (χ0v) is 13.7. The third-order valence-corrected chi connectivity index (χ3v) is 5.43. The van der Waals surface area contributed by atoms with Gasteiger partial charge >= 0.3 is 0 Å². The monoisotopic (exact) mass is 299 g/mol. The first-order chi connectivity index (χ1) is 10.0. The Morgan fingerprint density at radius 2 is 2.05 bits per heavy atom. The molecular formula is C18H21NOS. The van der Waals surface area contributed by atoms with Crippen LogP contribution in [0.1, 0.15) is 43.2 Å². The molecule has 0 saturated carbocycles. The average Bonchev–Trinajstić information content (AvgIpc) is 3.01. The van der Waals surface area contributed by atoms with Crippen molar-refractivity contribution in [3.8, 4) is 0 Å². The van der Waals surface area contributed by atoms with Crippen molar-refractivity contribution in [1.82, 2.24) is 4.90 Å². The molecule has 0 radical (unpaired) electrons. The van der Waals surface area contributed by atoms with Crippen LogP contribution >= 0.6 is 11.3 Å². The Labute approximate surface area is 130 Å². The highest BCUT2D eigenvalue weighted by Gasteiger charge is 2.20. The molecule has 1 aromatic carbocycles. The number of benzene rings is 1. The number of thiophene rings is 1.